The molecule has 0 bridgehead atoms. The summed E-state index contributed by atoms with van der Waals surface area (Å²) in [6.45, 7) is 7.03. The Morgan fingerprint density at radius 1 is 1.08 bits per heavy atom. The minimum Gasteiger partial charge on any atom is -0.466 e. The minimum absolute atomic E-state index is 0.0647. The fourth-order valence-electron chi connectivity index (χ4n) is 4.77. The summed E-state index contributed by atoms with van der Waals surface area (Å²) in [5.74, 6) is -0.976. The van der Waals surface area contributed by atoms with Crippen LogP contribution in [0.5, 0.6) is 0 Å². The lowest BCUT2D eigenvalue weighted by atomic mass is 9.97. The molecule has 1 saturated heterocycles. The second-order valence-electron chi connectivity index (χ2n) is 9.62. The Labute approximate surface area is 216 Å². The molecule has 1 N–H and O–H groups in total. The van der Waals surface area contributed by atoms with Crippen molar-refractivity contribution in [2.75, 3.05) is 32.8 Å². The fourth-order valence-corrected chi connectivity index (χ4v) is 4.77. The largest absolute Gasteiger partial charge is 0.466 e. The number of esters is 1. The molecule has 0 atom stereocenters. The van der Waals surface area contributed by atoms with Crippen molar-refractivity contribution >= 4 is 23.7 Å². The zero-order valence-electron chi connectivity index (χ0n) is 21.6. The molecule has 2 aliphatic rings. The van der Waals surface area contributed by atoms with Crippen molar-refractivity contribution < 1.29 is 23.9 Å². The third-order valence-corrected chi connectivity index (χ3v) is 6.90. The van der Waals surface area contributed by atoms with Crippen molar-refractivity contribution in [1.29, 1.82) is 0 Å². The molecule has 1 fully saturated rings. The minimum atomic E-state index is -0.410. The number of carbonyl (C=O) groups is 4. The van der Waals surface area contributed by atoms with Gasteiger partial charge in [-0.1, -0.05) is 29.8 Å². The van der Waals surface area contributed by atoms with E-state index in [1.165, 1.54) is 11.6 Å². The molecule has 198 valence electrons. The number of piperidine rings is 1. The van der Waals surface area contributed by atoms with Crippen molar-refractivity contribution in [3.05, 3.63) is 52.8 Å². The van der Waals surface area contributed by atoms with Gasteiger partial charge in [0.05, 0.1) is 12.5 Å². The standard InChI is InChI=1S/C27H35N5O5/c1-3-37-27(36)21-10-15-30(16-11-21)24(33)9-12-28-25(34)22-17-23-26(35)31(13-4-14-32(23)29-22)18-20-7-5-19(2)6-8-20/h5-8,17,21H,3-4,9-16,18H2,1-2H3,(H,28,34). The van der Waals surface area contributed by atoms with E-state index >= 15 is 0 Å². The van der Waals surface area contributed by atoms with E-state index in [1.807, 2.05) is 31.2 Å². The van der Waals surface area contributed by atoms with Gasteiger partial charge in [-0.3, -0.25) is 23.9 Å². The number of hydrogen-bond donors (Lipinski definition) is 1. The number of nitrogens with zero attached hydrogens (tertiary/aromatic N) is 4. The number of rotatable bonds is 8. The molecule has 37 heavy (non-hydrogen) atoms. The Kier molecular flexibility index (Phi) is 8.58. The maximum atomic E-state index is 13.2. The van der Waals surface area contributed by atoms with Gasteiger partial charge in [0, 0.05) is 51.8 Å². The topological polar surface area (TPSA) is 114 Å². The molecule has 0 unspecified atom stereocenters. The highest BCUT2D eigenvalue weighted by Gasteiger charge is 2.29. The quantitative estimate of drug-likeness (QED) is 0.546. The molecule has 3 heterocycles. The first kappa shape index (κ1) is 26.4. The van der Waals surface area contributed by atoms with Crippen LogP contribution in [0, 0.1) is 12.8 Å². The lowest BCUT2D eigenvalue weighted by Gasteiger charge is -2.31. The average molecular weight is 510 g/mol. The van der Waals surface area contributed by atoms with E-state index in [1.54, 1.807) is 21.4 Å². The first-order valence-corrected chi connectivity index (χ1v) is 13.0. The first-order valence-electron chi connectivity index (χ1n) is 13.0. The number of nitrogens with one attached hydrogen (secondary N) is 1. The lowest BCUT2D eigenvalue weighted by Crippen LogP contribution is -2.41. The molecule has 3 amide bonds. The molecule has 2 aromatic rings. The maximum Gasteiger partial charge on any atom is 0.309 e. The summed E-state index contributed by atoms with van der Waals surface area (Å²) >= 11 is 0. The van der Waals surface area contributed by atoms with Crippen molar-refractivity contribution in [3.8, 4) is 0 Å². The highest BCUT2D eigenvalue weighted by molar-refractivity contribution is 5.98. The molecule has 2 aliphatic heterocycles. The zero-order valence-corrected chi connectivity index (χ0v) is 21.6. The van der Waals surface area contributed by atoms with E-state index in [-0.39, 0.29) is 42.4 Å². The van der Waals surface area contributed by atoms with E-state index in [0.717, 1.165) is 12.0 Å². The van der Waals surface area contributed by atoms with Gasteiger partial charge in [-0.2, -0.15) is 5.10 Å². The third-order valence-electron chi connectivity index (χ3n) is 6.90. The van der Waals surface area contributed by atoms with Gasteiger partial charge in [-0.25, -0.2) is 0 Å². The molecule has 10 heteroatoms. The molecule has 10 nitrogen and oxygen atoms in total. The summed E-state index contributed by atoms with van der Waals surface area (Å²) in [5, 5.41) is 7.11. The monoisotopic (exact) mass is 509 g/mol. The molecule has 1 aromatic heterocycles. The molecule has 4 rings (SSSR count). The number of benzene rings is 1. The Morgan fingerprint density at radius 2 is 1.81 bits per heavy atom. The molecular weight excluding hydrogens is 474 g/mol. The van der Waals surface area contributed by atoms with E-state index in [0.29, 0.717) is 57.9 Å². The molecule has 1 aromatic carbocycles. The van der Waals surface area contributed by atoms with Gasteiger partial charge < -0.3 is 19.9 Å². The summed E-state index contributed by atoms with van der Waals surface area (Å²) in [7, 11) is 0. The van der Waals surface area contributed by atoms with E-state index in [4.69, 9.17) is 4.74 Å². The van der Waals surface area contributed by atoms with Gasteiger partial charge in [0.25, 0.3) is 11.8 Å². The zero-order chi connectivity index (χ0) is 26.4. The first-order chi connectivity index (χ1) is 17.9. The molecule has 0 spiro atoms. The number of likely N-dealkylation sites (tertiary alicyclic amines) is 1. The van der Waals surface area contributed by atoms with Gasteiger partial charge in [-0.05, 0) is 38.7 Å². The highest BCUT2D eigenvalue weighted by atomic mass is 16.5. The lowest BCUT2D eigenvalue weighted by molar-refractivity contribution is -0.151. The number of ether oxygens (including phenoxy) is 1. The number of carbonyl (C=O) groups excluding carboxylic acids is 4. The molecule has 0 aliphatic carbocycles. The van der Waals surface area contributed by atoms with Crippen molar-refractivity contribution in [2.45, 2.75) is 52.6 Å². The summed E-state index contributed by atoms with van der Waals surface area (Å²) < 4.78 is 6.67. The second kappa shape index (κ2) is 12.0. The Morgan fingerprint density at radius 3 is 2.51 bits per heavy atom. The normalized spacial score (nSPS) is 16.2. The van der Waals surface area contributed by atoms with Crippen LogP contribution in [0.3, 0.4) is 0 Å². The average Bonchev–Trinajstić information content (AvgIpc) is 3.27. The summed E-state index contributed by atoms with van der Waals surface area (Å²) in [6, 6.07) is 9.63. The van der Waals surface area contributed by atoms with Gasteiger partial charge >= 0.3 is 5.97 Å². The predicted molar refractivity (Wildman–Crippen MR) is 136 cm³/mol. The van der Waals surface area contributed by atoms with E-state index in [2.05, 4.69) is 10.4 Å². The van der Waals surface area contributed by atoms with Gasteiger partial charge in [0.1, 0.15) is 5.69 Å². The van der Waals surface area contributed by atoms with Crippen molar-refractivity contribution in [3.63, 3.8) is 0 Å². The van der Waals surface area contributed by atoms with Crippen LogP contribution >= 0.6 is 0 Å². The van der Waals surface area contributed by atoms with Crippen LogP contribution in [-0.2, 0) is 27.4 Å². The van der Waals surface area contributed by atoms with Crippen LogP contribution in [0.4, 0.5) is 0 Å². The van der Waals surface area contributed by atoms with Gasteiger partial charge in [-0.15, -0.1) is 0 Å². The van der Waals surface area contributed by atoms with E-state index < -0.39 is 5.91 Å². The molecule has 0 radical (unpaired) electrons. The second-order valence-corrected chi connectivity index (χ2v) is 9.62. The number of aryl methyl sites for hydroxylation is 2. The summed E-state index contributed by atoms with van der Waals surface area (Å²) in [6.07, 6.45) is 2.08. The Bertz CT molecular complexity index is 1130. The predicted octanol–water partition coefficient (Wildman–Crippen LogP) is 2.16. The third kappa shape index (κ3) is 6.55. The Hall–Kier alpha value is -3.69. The van der Waals surface area contributed by atoms with Crippen LogP contribution in [0.15, 0.2) is 30.3 Å². The van der Waals surface area contributed by atoms with Crippen LogP contribution in [-0.4, -0.2) is 76.1 Å². The van der Waals surface area contributed by atoms with Crippen LogP contribution in [0.25, 0.3) is 0 Å². The van der Waals surface area contributed by atoms with E-state index in [9.17, 15) is 19.2 Å². The van der Waals surface area contributed by atoms with Crippen LogP contribution < -0.4 is 5.32 Å². The van der Waals surface area contributed by atoms with Gasteiger partial charge in [0.15, 0.2) is 5.69 Å². The number of aromatic nitrogens is 2. The molecule has 0 saturated carbocycles. The number of fused-ring (bicyclic) bond motifs is 1. The number of amides is 3. The summed E-state index contributed by atoms with van der Waals surface area (Å²) in [5.41, 5.74) is 2.79. The Balaban J connectivity index is 1.27. The SMILES string of the molecule is CCOC(=O)C1CCN(C(=O)CCNC(=O)c2cc3n(n2)CCCN(Cc2ccc(C)cc2)C3=O)CC1. The van der Waals surface area contributed by atoms with Gasteiger partial charge in [0.2, 0.25) is 5.91 Å². The molecular formula is C27H35N5O5. The smallest absolute Gasteiger partial charge is 0.309 e. The van der Waals surface area contributed by atoms with Crippen LogP contribution in [0.2, 0.25) is 0 Å². The fraction of sp³-hybridized carbons (Fsp3) is 0.519. The van der Waals surface area contributed by atoms with Crippen molar-refractivity contribution in [1.82, 2.24) is 24.9 Å². The maximum absolute atomic E-state index is 13.2. The highest BCUT2D eigenvalue weighted by Crippen LogP contribution is 2.20. The summed E-state index contributed by atoms with van der Waals surface area (Å²) in [4.78, 5) is 53.8. The van der Waals surface area contributed by atoms with Crippen LogP contribution in [0.1, 0.15) is 64.7 Å². The number of hydrogen-bond acceptors (Lipinski definition) is 6. The van der Waals surface area contributed by atoms with Crippen molar-refractivity contribution in [2.24, 2.45) is 5.92 Å².